The first-order valence-electron chi connectivity index (χ1n) is 6.73. The number of hydrogen-bond acceptors (Lipinski definition) is 6. The zero-order valence-corrected chi connectivity index (χ0v) is 13.0. The molecule has 8 nitrogen and oxygen atoms in total. The van der Waals surface area contributed by atoms with Crippen molar-refractivity contribution in [3.63, 3.8) is 0 Å². The second kappa shape index (κ2) is 8.28. The lowest BCUT2D eigenvalue weighted by Crippen LogP contribution is -1.92. The summed E-state index contributed by atoms with van der Waals surface area (Å²) >= 11 is 0. The highest BCUT2D eigenvalue weighted by Crippen LogP contribution is 2.12. The molecule has 2 aromatic rings. The van der Waals surface area contributed by atoms with Crippen LogP contribution in [0.4, 0.5) is 11.4 Å². The molecule has 0 spiro atoms. The van der Waals surface area contributed by atoms with Gasteiger partial charge in [0.1, 0.15) is 0 Å². The third-order valence-corrected chi connectivity index (χ3v) is 2.97. The van der Waals surface area contributed by atoms with Gasteiger partial charge in [-0.1, -0.05) is 0 Å². The first kappa shape index (κ1) is 18.6. The van der Waals surface area contributed by atoms with Crippen molar-refractivity contribution in [2.24, 2.45) is 0 Å². The third-order valence-electron chi connectivity index (χ3n) is 2.97. The minimum atomic E-state index is -0.496. The number of Topliss-reactive ketones (excluding diaryl/α,β-unsaturated/α-hetero) is 2. The molecule has 8 heteroatoms. The molecule has 24 heavy (non-hydrogen) atoms. The zero-order valence-electron chi connectivity index (χ0n) is 13.0. The van der Waals surface area contributed by atoms with E-state index in [0.717, 1.165) is 0 Å². The van der Waals surface area contributed by atoms with E-state index >= 15 is 0 Å². The van der Waals surface area contributed by atoms with Gasteiger partial charge in [-0.15, -0.1) is 0 Å². The highest BCUT2D eigenvalue weighted by atomic mass is 16.6. The van der Waals surface area contributed by atoms with Crippen molar-refractivity contribution in [3.8, 4) is 0 Å². The predicted octanol–water partition coefficient (Wildman–Crippen LogP) is 3.59. The fourth-order valence-corrected chi connectivity index (χ4v) is 1.64. The van der Waals surface area contributed by atoms with Gasteiger partial charge in [0.25, 0.3) is 11.4 Å². The normalized spacial score (nSPS) is 9.42. The third kappa shape index (κ3) is 5.41. The number of carbonyl (C=O) groups excluding carboxylic acids is 2. The molecular weight excluding hydrogens is 316 g/mol. The van der Waals surface area contributed by atoms with Crippen molar-refractivity contribution in [2.45, 2.75) is 13.8 Å². The highest BCUT2D eigenvalue weighted by Gasteiger charge is 2.06. The average molecular weight is 330 g/mol. The molecule has 0 N–H and O–H groups in total. The fourth-order valence-electron chi connectivity index (χ4n) is 1.64. The van der Waals surface area contributed by atoms with E-state index in [9.17, 15) is 29.8 Å². The number of nitrogens with zero attached hydrogens (tertiary/aromatic N) is 2. The van der Waals surface area contributed by atoms with Crippen LogP contribution in [0, 0.1) is 20.2 Å². The maximum atomic E-state index is 10.8. The van der Waals surface area contributed by atoms with E-state index in [1.807, 2.05) is 0 Å². The molecule has 0 atom stereocenters. The van der Waals surface area contributed by atoms with Crippen LogP contribution in [0.3, 0.4) is 0 Å². The van der Waals surface area contributed by atoms with Crippen LogP contribution in [0.5, 0.6) is 0 Å². The SMILES string of the molecule is CC(=O)c1ccc([N+](=O)[O-])cc1.CC(=O)c1ccc([N+](=O)[O-])cc1. The summed E-state index contributed by atoms with van der Waals surface area (Å²) in [6.07, 6.45) is 0. The minimum Gasteiger partial charge on any atom is -0.295 e. The Bertz CT molecular complexity index is 633. The topological polar surface area (TPSA) is 120 Å². The van der Waals surface area contributed by atoms with E-state index in [0.29, 0.717) is 11.1 Å². The monoisotopic (exact) mass is 330 g/mol. The van der Waals surface area contributed by atoms with Gasteiger partial charge in [0.05, 0.1) is 9.85 Å². The number of nitro groups is 2. The molecule has 0 unspecified atom stereocenters. The molecule has 0 aliphatic heterocycles. The van der Waals surface area contributed by atoms with Crippen LogP contribution in [0.1, 0.15) is 34.6 Å². The Hall–Kier alpha value is -3.42. The summed E-state index contributed by atoms with van der Waals surface area (Å²) in [5, 5.41) is 20.4. The van der Waals surface area contributed by atoms with Gasteiger partial charge in [-0.05, 0) is 38.1 Å². The summed E-state index contributed by atoms with van der Waals surface area (Å²) < 4.78 is 0. The quantitative estimate of drug-likeness (QED) is 0.480. The highest BCUT2D eigenvalue weighted by molar-refractivity contribution is 5.94. The Morgan fingerprint density at radius 3 is 1.08 bits per heavy atom. The van der Waals surface area contributed by atoms with Gasteiger partial charge in [-0.25, -0.2) is 0 Å². The first-order valence-corrected chi connectivity index (χ1v) is 6.73. The Labute approximate surface area is 137 Å². The van der Waals surface area contributed by atoms with E-state index in [1.165, 1.54) is 62.4 Å². The van der Waals surface area contributed by atoms with Crippen molar-refractivity contribution in [2.75, 3.05) is 0 Å². The summed E-state index contributed by atoms with van der Waals surface area (Å²) in [5.74, 6) is -0.185. The van der Waals surface area contributed by atoms with Crippen molar-refractivity contribution in [1.82, 2.24) is 0 Å². The molecule has 0 saturated carbocycles. The lowest BCUT2D eigenvalue weighted by atomic mass is 10.1. The molecule has 0 heterocycles. The molecule has 0 amide bonds. The number of carbonyl (C=O) groups is 2. The summed E-state index contributed by atoms with van der Waals surface area (Å²) in [5.41, 5.74) is 0.973. The number of non-ortho nitro benzene ring substituents is 2. The first-order chi connectivity index (χ1) is 11.2. The van der Waals surface area contributed by atoms with Gasteiger partial charge in [-0.2, -0.15) is 0 Å². The summed E-state index contributed by atoms with van der Waals surface area (Å²) in [6, 6.07) is 11.0. The van der Waals surface area contributed by atoms with Gasteiger partial charge < -0.3 is 0 Å². The Morgan fingerprint density at radius 1 is 0.667 bits per heavy atom. The standard InChI is InChI=1S/2C8H7NO3/c2*1-6(10)7-2-4-8(5-3-7)9(11)12/h2*2-5H,1H3. The minimum absolute atomic E-state index is 0.000000000000000222. The number of rotatable bonds is 4. The molecule has 0 saturated heterocycles. The van der Waals surface area contributed by atoms with Gasteiger partial charge in [-0.3, -0.25) is 29.8 Å². The molecule has 0 aliphatic carbocycles. The van der Waals surface area contributed by atoms with Crippen LogP contribution in [-0.4, -0.2) is 21.4 Å². The molecule has 0 fully saturated rings. The van der Waals surface area contributed by atoms with Crippen molar-refractivity contribution < 1.29 is 19.4 Å². The molecule has 0 aromatic heterocycles. The number of hydrogen-bond donors (Lipinski definition) is 0. The van der Waals surface area contributed by atoms with E-state index in [-0.39, 0.29) is 22.9 Å². The summed E-state index contributed by atoms with van der Waals surface area (Å²) in [6.45, 7) is 2.84. The van der Waals surface area contributed by atoms with Crippen LogP contribution >= 0.6 is 0 Å². The maximum Gasteiger partial charge on any atom is 0.269 e. The Balaban J connectivity index is 0.000000240. The second-order valence-corrected chi connectivity index (χ2v) is 4.72. The largest absolute Gasteiger partial charge is 0.295 e. The molecule has 2 aromatic carbocycles. The van der Waals surface area contributed by atoms with E-state index in [2.05, 4.69) is 0 Å². The molecule has 0 aliphatic rings. The van der Waals surface area contributed by atoms with E-state index in [4.69, 9.17) is 0 Å². The van der Waals surface area contributed by atoms with Crippen LogP contribution in [0.2, 0.25) is 0 Å². The van der Waals surface area contributed by atoms with Gasteiger partial charge in [0.2, 0.25) is 0 Å². The van der Waals surface area contributed by atoms with E-state index < -0.39 is 9.85 Å². The van der Waals surface area contributed by atoms with E-state index in [1.54, 1.807) is 0 Å². The van der Waals surface area contributed by atoms with Gasteiger partial charge in [0, 0.05) is 35.4 Å². The van der Waals surface area contributed by atoms with Gasteiger partial charge >= 0.3 is 0 Å². The van der Waals surface area contributed by atoms with Crippen molar-refractivity contribution in [1.29, 1.82) is 0 Å². The fraction of sp³-hybridized carbons (Fsp3) is 0.125. The van der Waals surface area contributed by atoms with Gasteiger partial charge in [0.15, 0.2) is 11.6 Å². The van der Waals surface area contributed by atoms with Crippen molar-refractivity contribution >= 4 is 22.9 Å². The van der Waals surface area contributed by atoms with Crippen LogP contribution in [-0.2, 0) is 0 Å². The summed E-state index contributed by atoms with van der Waals surface area (Å²) in [7, 11) is 0. The maximum absolute atomic E-state index is 10.8. The number of ketones is 2. The molecule has 2 rings (SSSR count). The van der Waals surface area contributed by atoms with Crippen LogP contribution < -0.4 is 0 Å². The van der Waals surface area contributed by atoms with Crippen LogP contribution in [0.25, 0.3) is 0 Å². The predicted molar refractivity (Wildman–Crippen MR) is 86.2 cm³/mol. The average Bonchev–Trinajstić information content (AvgIpc) is 2.55. The summed E-state index contributed by atoms with van der Waals surface area (Å²) in [4.78, 5) is 40.9. The smallest absolute Gasteiger partial charge is 0.269 e. The molecule has 0 bridgehead atoms. The molecule has 124 valence electrons. The van der Waals surface area contributed by atoms with Crippen LogP contribution in [0.15, 0.2) is 48.5 Å². The molecular formula is C16H14N2O6. The Kier molecular flexibility index (Phi) is 6.42. The number of nitro benzene ring substituents is 2. The zero-order chi connectivity index (χ0) is 18.3. The number of benzene rings is 2. The van der Waals surface area contributed by atoms with Crippen molar-refractivity contribution in [3.05, 3.63) is 79.9 Å². The second-order valence-electron chi connectivity index (χ2n) is 4.72. The Morgan fingerprint density at radius 2 is 0.917 bits per heavy atom. The molecule has 0 radical (unpaired) electrons. The lowest BCUT2D eigenvalue weighted by molar-refractivity contribution is -0.385. The lowest BCUT2D eigenvalue weighted by Gasteiger charge is -1.93.